The summed E-state index contributed by atoms with van der Waals surface area (Å²) in [5, 5.41) is 0. The fraction of sp³-hybridized carbons (Fsp3) is 0.600. The number of hydrogen-bond donors (Lipinski definition) is 0. The number of isocyanates is 1. The minimum absolute atomic E-state index is 0.517. The van der Waals surface area contributed by atoms with Gasteiger partial charge in [0.2, 0.25) is 6.08 Å². The molecule has 2 heteroatoms. The van der Waals surface area contributed by atoms with Gasteiger partial charge in [0.1, 0.15) is 0 Å². The standard InChI is InChI=1S/C5H8NO/c1-5(2)3-6-4-7/h3H2,1-2H3. The highest BCUT2D eigenvalue weighted by atomic mass is 16.1. The molecule has 0 rings (SSSR count). The van der Waals surface area contributed by atoms with Gasteiger partial charge in [-0.15, -0.1) is 0 Å². The quantitative estimate of drug-likeness (QED) is 0.373. The summed E-state index contributed by atoms with van der Waals surface area (Å²) < 4.78 is 0. The van der Waals surface area contributed by atoms with Gasteiger partial charge in [-0.3, -0.25) is 0 Å². The summed E-state index contributed by atoms with van der Waals surface area (Å²) in [7, 11) is 0. The second-order valence-electron chi connectivity index (χ2n) is 1.61. The van der Waals surface area contributed by atoms with Crippen molar-refractivity contribution in [1.29, 1.82) is 0 Å². The maximum absolute atomic E-state index is 9.40. The van der Waals surface area contributed by atoms with Crippen LogP contribution in [0.1, 0.15) is 13.8 Å². The summed E-state index contributed by atoms with van der Waals surface area (Å²) in [4.78, 5) is 12.7. The molecule has 0 spiro atoms. The Morgan fingerprint density at radius 1 is 1.71 bits per heavy atom. The van der Waals surface area contributed by atoms with Crippen LogP contribution in [0.4, 0.5) is 0 Å². The second kappa shape index (κ2) is 3.57. The van der Waals surface area contributed by atoms with E-state index < -0.39 is 0 Å². The highest BCUT2D eigenvalue weighted by molar-refractivity contribution is 5.33. The van der Waals surface area contributed by atoms with Crippen LogP contribution in [-0.2, 0) is 4.79 Å². The maximum atomic E-state index is 9.40. The average Bonchev–Trinajstić information content (AvgIpc) is 1.61. The Kier molecular flexibility index (Phi) is 3.25. The van der Waals surface area contributed by atoms with Gasteiger partial charge >= 0.3 is 0 Å². The minimum Gasteiger partial charge on any atom is -0.211 e. The molecule has 0 saturated heterocycles. The lowest BCUT2D eigenvalue weighted by molar-refractivity contribution is 0.563. The second-order valence-corrected chi connectivity index (χ2v) is 1.61. The largest absolute Gasteiger partial charge is 0.234 e. The van der Waals surface area contributed by atoms with Crippen molar-refractivity contribution in [3.05, 3.63) is 5.92 Å². The number of hydrogen-bond acceptors (Lipinski definition) is 2. The van der Waals surface area contributed by atoms with E-state index in [4.69, 9.17) is 0 Å². The summed E-state index contributed by atoms with van der Waals surface area (Å²) in [6.45, 7) is 4.35. The van der Waals surface area contributed by atoms with Gasteiger partial charge in [0, 0.05) is 0 Å². The molecule has 0 N–H and O–H groups in total. The van der Waals surface area contributed by atoms with E-state index in [-0.39, 0.29) is 0 Å². The van der Waals surface area contributed by atoms with Gasteiger partial charge in [-0.2, -0.15) is 0 Å². The van der Waals surface area contributed by atoms with Crippen molar-refractivity contribution in [2.24, 2.45) is 4.99 Å². The molecule has 1 radical (unpaired) electrons. The van der Waals surface area contributed by atoms with E-state index in [1.54, 1.807) is 0 Å². The molecule has 0 saturated carbocycles. The van der Waals surface area contributed by atoms with E-state index in [9.17, 15) is 4.79 Å². The lowest BCUT2D eigenvalue weighted by atomic mass is 10.2. The van der Waals surface area contributed by atoms with Crippen LogP contribution in [0, 0.1) is 5.92 Å². The zero-order valence-electron chi connectivity index (χ0n) is 4.56. The van der Waals surface area contributed by atoms with Crippen molar-refractivity contribution in [2.75, 3.05) is 6.54 Å². The van der Waals surface area contributed by atoms with E-state index in [0.29, 0.717) is 6.54 Å². The molecular formula is C5H8NO. The molecule has 0 fully saturated rings. The van der Waals surface area contributed by atoms with E-state index in [0.717, 1.165) is 5.92 Å². The lowest BCUT2D eigenvalue weighted by Gasteiger charge is -1.90. The van der Waals surface area contributed by atoms with Crippen LogP contribution >= 0.6 is 0 Å². The molecule has 0 heterocycles. The first kappa shape index (κ1) is 6.38. The van der Waals surface area contributed by atoms with Gasteiger partial charge in [0.15, 0.2) is 0 Å². The summed E-state index contributed by atoms with van der Waals surface area (Å²) in [6.07, 6.45) is 1.45. The average molecular weight is 98.1 g/mol. The molecule has 0 atom stereocenters. The molecule has 7 heavy (non-hydrogen) atoms. The Hall–Kier alpha value is -0.620. The maximum Gasteiger partial charge on any atom is 0.234 e. The van der Waals surface area contributed by atoms with Crippen LogP contribution in [0.15, 0.2) is 4.99 Å². The van der Waals surface area contributed by atoms with Crippen LogP contribution in [0.5, 0.6) is 0 Å². The van der Waals surface area contributed by atoms with E-state index in [2.05, 4.69) is 4.99 Å². The molecule has 0 bridgehead atoms. The van der Waals surface area contributed by atoms with Crippen molar-refractivity contribution < 1.29 is 4.79 Å². The molecule has 0 aliphatic rings. The van der Waals surface area contributed by atoms with Gasteiger partial charge in [0.05, 0.1) is 6.54 Å². The molecular weight excluding hydrogens is 90.1 g/mol. The number of aliphatic imine (C=N–C) groups is 1. The summed E-state index contributed by atoms with van der Waals surface area (Å²) in [6, 6.07) is 0. The summed E-state index contributed by atoms with van der Waals surface area (Å²) in [5.41, 5.74) is 0. The van der Waals surface area contributed by atoms with Crippen LogP contribution in [-0.4, -0.2) is 12.6 Å². The van der Waals surface area contributed by atoms with Gasteiger partial charge in [-0.25, -0.2) is 9.79 Å². The zero-order valence-corrected chi connectivity index (χ0v) is 4.56. The van der Waals surface area contributed by atoms with Gasteiger partial charge in [-0.1, -0.05) is 13.8 Å². The number of carbonyl (C=O) groups excluding carboxylic acids is 1. The third kappa shape index (κ3) is 5.38. The van der Waals surface area contributed by atoms with Crippen molar-refractivity contribution in [1.82, 2.24) is 0 Å². The molecule has 2 nitrogen and oxygen atoms in total. The summed E-state index contributed by atoms with van der Waals surface area (Å²) in [5.74, 6) is 1.13. The van der Waals surface area contributed by atoms with E-state index in [1.807, 2.05) is 13.8 Å². The number of nitrogens with zero attached hydrogens (tertiary/aromatic N) is 1. The molecule has 0 aromatic carbocycles. The predicted octanol–water partition coefficient (Wildman–Crippen LogP) is 0.936. The third-order valence-electron chi connectivity index (χ3n) is 0.460. The molecule has 0 aromatic heterocycles. The zero-order chi connectivity index (χ0) is 5.70. The van der Waals surface area contributed by atoms with Crippen molar-refractivity contribution in [3.63, 3.8) is 0 Å². The minimum atomic E-state index is 0.517. The van der Waals surface area contributed by atoms with Gasteiger partial charge in [0.25, 0.3) is 0 Å². The van der Waals surface area contributed by atoms with Crippen molar-refractivity contribution >= 4 is 6.08 Å². The lowest BCUT2D eigenvalue weighted by Crippen LogP contribution is -1.86. The molecule has 0 aromatic rings. The normalized spacial score (nSPS) is 8.43. The monoisotopic (exact) mass is 98.1 g/mol. The SMILES string of the molecule is C[C](C)CN=C=O. The molecule has 0 aliphatic carbocycles. The van der Waals surface area contributed by atoms with Crippen molar-refractivity contribution in [2.45, 2.75) is 13.8 Å². The van der Waals surface area contributed by atoms with Crippen LogP contribution < -0.4 is 0 Å². The number of rotatable bonds is 2. The smallest absolute Gasteiger partial charge is 0.211 e. The summed E-state index contributed by atoms with van der Waals surface area (Å²) >= 11 is 0. The predicted molar refractivity (Wildman–Crippen MR) is 27.6 cm³/mol. The van der Waals surface area contributed by atoms with E-state index in [1.165, 1.54) is 6.08 Å². The highest BCUT2D eigenvalue weighted by Crippen LogP contribution is 1.91. The topological polar surface area (TPSA) is 29.4 Å². The Labute approximate surface area is 43.3 Å². The first-order valence-corrected chi connectivity index (χ1v) is 2.10. The Bertz CT molecular complexity index is 82.1. The Morgan fingerprint density at radius 3 is 2.43 bits per heavy atom. The highest BCUT2D eigenvalue weighted by Gasteiger charge is 1.86. The molecule has 0 aliphatic heterocycles. The Balaban J connectivity index is 3.13. The van der Waals surface area contributed by atoms with Gasteiger partial charge in [-0.05, 0) is 5.92 Å². The fourth-order valence-corrected chi connectivity index (χ4v) is 0.190. The van der Waals surface area contributed by atoms with Crippen LogP contribution in [0.25, 0.3) is 0 Å². The van der Waals surface area contributed by atoms with Crippen LogP contribution in [0.2, 0.25) is 0 Å². The molecule has 0 unspecified atom stereocenters. The van der Waals surface area contributed by atoms with Crippen LogP contribution in [0.3, 0.4) is 0 Å². The molecule has 0 amide bonds. The fourth-order valence-electron chi connectivity index (χ4n) is 0.190. The van der Waals surface area contributed by atoms with Gasteiger partial charge < -0.3 is 0 Å². The molecule has 39 valence electrons. The third-order valence-corrected chi connectivity index (χ3v) is 0.460. The first-order chi connectivity index (χ1) is 3.27. The first-order valence-electron chi connectivity index (χ1n) is 2.10. The van der Waals surface area contributed by atoms with Crippen molar-refractivity contribution in [3.8, 4) is 0 Å². The van der Waals surface area contributed by atoms with E-state index >= 15 is 0 Å². The Morgan fingerprint density at radius 2 is 2.29 bits per heavy atom.